The van der Waals surface area contributed by atoms with E-state index in [1.165, 1.54) is 10.9 Å². The Hall–Kier alpha value is -2.96. The molecule has 1 aromatic carbocycles. The van der Waals surface area contributed by atoms with Crippen LogP contribution in [-0.4, -0.2) is 20.6 Å². The van der Waals surface area contributed by atoms with Crippen LogP contribution in [0.25, 0.3) is 11.1 Å². The predicted octanol–water partition coefficient (Wildman–Crippen LogP) is 3.21. The zero-order chi connectivity index (χ0) is 19.0. The summed E-state index contributed by atoms with van der Waals surface area (Å²) in [7, 11) is 0. The molecule has 0 fully saturated rings. The Bertz CT molecular complexity index is 1030. The average molecular weight is 354 g/mol. The van der Waals surface area contributed by atoms with Gasteiger partial charge in [0.15, 0.2) is 0 Å². The summed E-state index contributed by atoms with van der Waals surface area (Å²) in [5.74, 6) is -0.250. The quantitative estimate of drug-likeness (QED) is 0.777. The Labute approximate surface area is 151 Å². The summed E-state index contributed by atoms with van der Waals surface area (Å²) in [5, 5.41) is 7.06. The first-order chi connectivity index (χ1) is 12.3. The average Bonchev–Trinajstić information content (AvgIpc) is 2.95. The van der Waals surface area contributed by atoms with Gasteiger partial charge in [-0.3, -0.25) is 14.2 Å². The van der Waals surface area contributed by atoms with Gasteiger partial charge in [0.2, 0.25) is 5.91 Å². The lowest BCUT2D eigenvalue weighted by Gasteiger charge is -2.19. The highest BCUT2D eigenvalue weighted by atomic mass is 16.5. The fourth-order valence-electron chi connectivity index (χ4n) is 3.30. The molecular weight excluding hydrogens is 332 g/mol. The number of hydrogen-bond acceptors (Lipinski definition) is 5. The van der Waals surface area contributed by atoms with Crippen LogP contribution in [0, 0.1) is 27.7 Å². The zero-order valence-electron chi connectivity index (χ0n) is 15.6. The van der Waals surface area contributed by atoms with E-state index < -0.39 is 6.04 Å². The van der Waals surface area contributed by atoms with Gasteiger partial charge in [-0.05, 0) is 45.2 Å². The molecule has 0 saturated carbocycles. The first kappa shape index (κ1) is 17.8. The van der Waals surface area contributed by atoms with Crippen LogP contribution in [0.15, 0.2) is 27.8 Å². The molecule has 2 heterocycles. The number of aromatic nitrogens is 3. The lowest BCUT2D eigenvalue weighted by molar-refractivity contribution is -0.119. The van der Waals surface area contributed by atoms with Crippen LogP contribution in [0.4, 0.5) is 5.69 Å². The molecule has 7 heteroatoms. The van der Waals surface area contributed by atoms with E-state index in [0.717, 1.165) is 22.4 Å². The topological polar surface area (TPSA) is 90.0 Å². The standard InChI is InChI=1S/C19H22N4O3/c1-6-14(17(24)21-16-11(3)7-10(2)8-12(16)4)23-9-20-18-15(19(23)25)13(5)22-26-18/h7-9,14H,6H2,1-5H3,(H,21,24)/t14-/m0/s1. The van der Waals surface area contributed by atoms with Crippen LogP contribution >= 0.6 is 0 Å². The van der Waals surface area contributed by atoms with Gasteiger partial charge in [0.05, 0.1) is 5.69 Å². The van der Waals surface area contributed by atoms with Crippen molar-refractivity contribution in [1.29, 1.82) is 0 Å². The lowest BCUT2D eigenvalue weighted by Crippen LogP contribution is -2.33. The third-order valence-electron chi connectivity index (χ3n) is 4.54. The largest absolute Gasteiger partial charge is 0.335 e. The van der Waals surface area contributed by atoms with Crippen molar-refractivity contribution in [3.63, 3.8) is 0 Å². The van der Waals surface area contributed by atoms with Crippen molar-refractivity contribution in [2.75, 3.05) is 5.32 Å². The normalized spacial score (nSPS) is 12.3. The van der Waals surface area contributed by atoms with Crippen LogP contribution in [0.2, 0.25) is 0 Å². The van der Waals surface area contributed by atoms with Gasteiger partial charge in [0.25, 0.3) is 11.3 Å². The first-order valence-corrected chi connectivity index (χ1v) is 8.55. The van der Waals surface area contributed by atoms with E-state index in [1.54, 1.807) is 6.92 Å². The zero-order valence-corrected chi connectivity index (χ0v) is 15.6. The Morgan fingerprint density at radius 3 is 2.50 bits per heavy atom. The number of nitrogens with zero attached hydrogens (tertiary/aromatic N) is 3. The van der Waals surface area contributed by atoms with Crippen LogP contribution in [0.5, 0.6) is 0 Å². The summed E-state index contributed by atoms with van der Waals surface area (Å²) < 4.78 is 6.37. The molecule has 0 saturated heterocycles. The molecule has 3 aromatic rings. The van der Waals surface area contributed by atoms with E-state index in [4.69, 9.17) is 4.52 Å². The highest BCUT2D eigenvalue weighted by Crippen LogP contribution is 2.24. The number of fused-ring (bicyclic) bond motifs is 1. The second-order valence-corrected chi connectivity index (χ2v) is 6.59. The molecule has 0 bridgehead atoms. The van der Waals surface area contributed by atoms with Crippen molar-refractivity contribution in [1.82, 2.24) is 14.7 Å². The summed E-state index contributed by atoms with van der Waals surface area (Å²) in [4.78, 5) is 29.8. The lowest BCUT2D eigenvalue weighted by atomic mass is 10.0. The molecule has 1 atom stereocenters. The number of hydrogen-bond donors (Lipinski definition) is 1. The van der Waals surface area contributed by atoms with E-state index in [0.29, 0.717) is 17.5 Å². The molecule has 0 aliphatic heterocycles. The second kappa shape index (κ2) is 6.74. The first-order valence-electron chi connectivity index (χ1n) is 8.55. The molecule has 0 aliphatic rings. The SMILES string of the molecule is CC[C@@H](C(=O)Nc1c(C)cc(C)cc1C)n1cnc2onc(C)c2c1=O. The van der Waals surface area contributed by atoms with E-state index in [2.05, 4.69) is 15.5 Å². The molecule has 136 valence electrons. The van der Waals surface area contributed by atoms with Crippen LogP contribution < -0.4 is 10.9 Å². The van der Waals surface area contributed by atoms with Crippen LogP contribution in [-0.2, 0) is 4.79 Å². The summed E-state index contributed by atoms with van der Waals surface area (Å²) in [6.07, 6.45) is 1.80. The highest BCUT2D eigenvalue weighted by molar-refractivity contribution is 5.95. The third-order valence-corrected chi connectivity index (χ3v) is 4.54. The van der Waals surface area contributed by atoms with Crippen LogP contribution in [0.3, 0.4) is 0 Å². The van der Waals surface area contributed by atoms with Crippen molar-refractivity contribution < 1.29 is 9.32 Å². The number of rotatable bonds is 4. The Balaban J connectivity index is 1.99. The molecule has 0 radical (unpaired) electrons. The maximum Gasteiger partial charge on any atom is 0.267 e. The van der Waals surface area contributed by atoms with E-state index in [1.807, 2.05) is 39.8 Å². The van der Waals surface area contributed by atoms with Crippen LogP contribution in [0.1, 0.15) is 41.8 Å². The Kier molecular flexibility index (Phi) is 4.63. The second-order valence-electron chi connectivity index (χ2n) is 6.59. The summed E-state index contributed by atoms with van der Waals surface area (Å²) >= 11 is 0. The fourth-order valence-corrected chi connectivity index (χ4v) is 3.30. The van der Waals surface area contributed by atoms with Gasteiger partial charge in [-0.15, -0.1) is 0 Å². The van der Waals surface area contributed by atoms with Gasteiger partial charge >= 0.3 is 0 Å². The number of anilines is 1. The van der Waals surface area contributed by atoms with Crippen molar-refractivity contribution >= 4 is 22.7 Å². The molecule has 0 spiro atoms. The number of carbonyl (C=O) groups excluding carboxylic acids is 1. The number of amides is 1. The molecule has 2 aromatic heterocycles. The van der Waals surface area contributed by atoms with Gasteiger partial charge in [-0.2, -0.15) is 0 Å². The molecule has 26 heavy (non-hydrogen) atoms. The molecule has 1 N–H and O–H groups in total. The minimum absolute atomic E-state index is 0.184. The van der Waals surface area contributed by atoms with Gasteiger partial charge in [-0.25, -0.2) is 4.98 Å². The van der Waals surface area contributed by atoms with E-state index in [9.17, 15) is 9.59 Å². The molecule has 0 aliphatic carbocycles. The summed E-state index contributed by atoms with van der Waals surface area (Å²) in [6, 6.07) is 3.36. The summed E-state index contributed by atoms with van der Waals surface area (Å²) in [6.45, 7) is 9.46. The minimum Gasteiger partial charge on any atom is -0.335 e. The number of nitrogens with one attached hydrogen (secondary N) is 1. The maximum atomic E-state index is 12.9. The molecule has 1 amide bonds. The van der Waals surface area contributed by atoms with E-state index in [-0.39, 0.29) is 17.2 Å². The highest BCUT2D eigenvalue weighted by Gasteiger charge is 2.23. The number of aryl methyl sites for hydroxylation is 4. The fraction of sp³-hybridized carbons (Fsp3) is 0.368. The minimum atomic E-state index is -0.672. The summed E-state index contributed by atoms with van der Waals surface area (Å²) in [5.41, 5.74) is 4.22. The predicted molar refractivity (Wildman–Crippen MR) is 99.4 cm³/mol. The maximum absolute atomic E-state index is 12.9. The number of benzene rings is 1. The van der Waals surface area contributed by atoms with Gasteiger partial charge in [-0.1, -0.05) is 29.8 Å². The van der Waals surface area contributed by atoms with Crippen molar-refractivity contribution in [3.05, 3.63) is 51.2 Å². The Morgan fingerprint density at radius 2 is 1.88 bits per heavy atom. The van der Waals surface area contributed by atoms with Gasteiger partial charge in [0, 0.05) is 5.69 Å². The molecule has 3 rings (SSSR count). The van der Waals surface area contributed by atoms with E-state index >= 15 is 0 Å². The van der Waals surface area contributed by atoms with Crippen molar-refractivity contribution in [2.24, 2.45) is 0 Å². The van der Waals surface area contributed by atoms with Gasteiger partial charge in [0.1, 0.15) is 17.8 Å². The monoisotopic (exact) mass is 354 g/mol. The molecule has 0 unspecified atom stereocenters. The number of carbonyl (C=O) groups is 1. The smallest absolute Gasteiger partial charge is 0.267 e. The molecule has 7 nitrogen and oxygen atoms in total. The van der Waals surface area contributed by atoms with Crippen molar-refractivity contribution in [3.8, 4) is 0 Å². The molecular formula is C19H22N4O3. The van der Waals surface area contributed by atoms with Crippen molar-refractivity contribution in [2.45, 2.75) is 47.1 Å². The van der Waals surface area contributed by atoms with Gasteiger partial charge < -0.3 is 9.84 Å². The Morgan fingerprint density at radius 1 is 1.23 bits per heavy atom. The third kappa shape index (κ3) is 3.00.